The summed E-state index contributed by atoms with van der Waals surface area (Å²) in [5, 5.41) is 0. The number of aromatic nitrogens is 1. The van der Waals surface area contributed by atoms with Crippen LogP contribution in [0.3, 0.4) is 0 Å². The molecular weight excluding hydrogens is 138 g/mol. The van der Waals surface area contributed by atoms with Crippen molar-refractivity contribution in [2.24, 2.45) is 0 Å². The lowest BCUT2D eigenvalue weighted by molar-refractivity contribution is 0.947. The Hall–Kier alpha value is -1.05. The average molecular weight is 153 g/mol. The van der Waals surface area contributed by atoms with Crippen LogP contribution in [0.25, 0.3) is 0 Å². The maximum absolute atomic E-state index is 10.9. The van der Waals surface area contributed by atoms with E-state index in [1.165, 1.54) is 5.56 Å². The standard InChI is InChI=1S/C9H13NO.H2/c1-3-7-5-6-9(11)10-8(7)4-2;/h5-6H,3-4H2,1-2H3,(H,10,11);1H. The highest BCUT2D eigenvalue weighted by molar-refractivity contribution is 5.19. The Labute approximate surface area is 67.8 Å². The van der Waals surface area contributed by atoms with Crippen molar-refractivity contribution in [3.05, 3.63) is 33.7 Å². The summed E-state index contributed by atoms with van der Waals surface area (Å²) in [6.45, 7) is 4.14. The van der Waals surface area contributed by atoms with Gasteiger partial charge in [0.15, 0.2) is 0 Å². The van der Waals surface area contributed by atoms with Crippen molar-refractivity contribution in [3.8, 4) is 0 Å². The molecule has 0 atom stereocenters. The van der Waals surface area contributed by atoms with Gasteiger partial charge in [-0.1, -0.05) is 19.9 Å². The fourth-order valence-electron chi connectivity index (χ4n) is 1.19. The number of aryl methyl sites for hydroxylation is 2. The molecule has 0 amide bonds. The predicted molar refractivity (Wildman–Crippen MR) is 47.9 cm³/mol. The van der Waals surface area contributed by atoms with Crippen LogP contribution in [0.4, 0.5) is 0 Å². The molecule has 1 heterocycles. The first-order valence-corrected chi connectivity index (χ1v) is 3.99. The first-order chi connectivity index (χ1) is 5.27. The van der Waals surface area contributed by atoms with Gasteiger partial charge in [0.2, 0.25) is 5.56 Å². The minimum absolute atomic E-state index is 0. The van der Waals surface area contributed by atoms with E-state index in [1.807, 2.05) is 13.0 Å². The van der Waals surface area contributed by atoms with Crippen LogP contribution in [-0.4, -0.2) is 4.98 Å². The highest BCUT2D eigenvalue weighted by atomic mass is 16.1. The summed E-state index contributed by atoms with van der Waals surface area (Å²) in [7, 11) is 0. The van der Waals surface area contributed by atoms with Crippen LogP contribution in [0.1, 0.15) is 26.5 Å². The Bertz CT molecular complexity index is 293. The number of nitrogens with one attached hydrogen (secondary N) is 1. The topological polar surface area (TPSA) is 32.9 Å². The van der Waals surface area contributed by atoms with E-state index < -0.39 is 0 Å². The molecule has 0 bridgehead atoms. The van der Waals surface area contributed by atoms with Crippen LogP contribution in [0, 0.1) is 0 Å². The van der Waals surface area contributed by atoms with E-state index in [9.17, 15) is 4.79 Å². The summed E-state index contributed by atoms with van der Waals surface area (Å²) >= 11 is 0. The summed E-state index contributed by atoms with van der Waals surface area (Å²) in [6, 6.07) is 3.48. The molecule has 0 saturated heterocycles. The number of rotatable bonds is 2. The van der Waals surface area contributed by atoms with Crippen LogP contribution in [0.15, 0.2) is 16.9 Å². The second-order valence-corrected chi connectivity index (χ2v) is 2.53. The van der Waals surface area contributed by atoms with Crippen LogP contribution in [0.2, 0.25) is 0 Å². The monoisotopic (exact) mass is 153 g/mol. The summed E-state index contributed by atoms with van der Waals surface area (Å²) in [4.78, 5) is 13.7. The Kier molecular flexibility index (Phi) is 2.47. The highest BCUT2D eigenvalue weighted by Gasteiger charge is 1.97. The van der Waals surface area contributed by atoms with Crippen LogP contribution in [0.5, 0.6) is 0 Å². The number of hydrogen-bond acceptors (Lipinski definition) is 1. The highest BCUT2D eigenvalue weighted by Crippen LogP contribution is 2.03. The molecule has 2 heteroatoms. The summed E-state index contributed by atoms with van der Waals surface area (Å²) < 4.78 is 0. The first kappa shape index (κ1) is 8.05. The third kappa shape index (κ3) is 1.70. The van der Waals surface area contributed by atoms with Crippen LogP contribution < -0.4 is 5.56 Å². The summed E-state index contributed by atoms with van der Waals surface area (Å²) in [6.07, 6.45) is 1.89. The average Bonchev–Trinajstić information content (AvgIpc) is 2.04. The zero-order chi connectivity index (χ0) is 8.27. The fourth-order valence-corrected chi connectivity index (χ4v) is 1.19. The maximum atomic E-state index is 10.9. The van der Waals surface area contributed by atoms with Gasteiger partial charge in [0.1, 0.15) is 0 Å². The normalized spacial score (nSPS) is 10.0. The van der Waals surface area contributed by atoms with Crippen molar-refractivity contribution < 1.29 is 1.43 Å². The van der Waals surface area contributed by atoms with Gasteiger partial charge in [0.25, 0.3) is 0 Å². The van der Waals surface area contributed by atoms with Gasteiger partial charge < -0.3 is 4.98 Å². The van der Waals surface area contributed by atoms with Crippen LogP contribution >= 0.6 is 0 Å². The molecule has 0 radical (unpaired) electrons. The number of H-pyrrole nitrogens is 1. The predicted octanol–water partition coefficient (Wildman–Crippen LogP) is 1.75. The van der Waals surface area contributed by atoms with Gasteiger partial charge in [0.05, 0.1) is 0 Å². The third-order valence-electron chi connectivity index (χ3n) is 1.83. The van der Waals surface area contributed by atoms with E-state index in [4.69, 9.17) is 0 Å². The van der Waals surface area contributed by atoms with Gasteiger partial charge in [-0.2, -0.15) is 0 Å². The molecule has 62 valence electrons. The second kappa shape index (κ2) is 3.37. The molecular formula is C9H15NO. The van der Waals surface area contributed by atoms with Gasteiger partial charge in [-0.25, -0.2) is 0 Å². The van der Waals surface area contributed by atoms with E-state index in [1.54, 1.807) is 6.07 Å². The molecule has 2 nitrogen and oxygen atoms in total. The van der Waals surface area contributed by atoms with Crippen molar-refractivity contribution >= 4 is 0 Å². The Morgan fingerprint density at radius 3 is 2.64 bits per heavy atom. The lowest BCUT2D eigenvalue weighted by Crippen LogP contribution is -2.08. The van der Waals surface area contributed by atoms with Gasteiger partial charge in [0, 0.05) is 13.2 Å². The molecule has 0 fully saturated rings. The Morgan fingerprint density at radius 1 is 1.36 bits per heavy atom. The number of aromatic amines is 1. The van der Waals surface area contributed by atoms with Crippen molar-refractivity contribution in [2.45, 2.75) is 26.7 Å². The van der Waals surface area contributed by atoms with E-state index in [-0.39, 0.29) is 6.99 Å². The van der Waals surface area contributed by atoms with E-state index >= 15 is 0 Å². The zero-order valence-electron chi connectivity index (χ0n) is 6.98. The largest absolute Gasteiger partial charge is 0.326 e. The zero-order valence-corrected chi connectivity index (χ0v) is 6.98. The lowest BCUT2D eigenvalue weighted by Gasteiger charge is -2.02. The van der Waals surface area contributed by atoms with Crippen LogP contribution in [-0.2, 0) is 12.8 Å². The minimum atomic E-state index is -0.000880. The summed E-state index contributed by atoms with van der Waals surface area (Å²) in [5.74, 6) is 0. The smallest absolute Gasteiger partial charge is 0.248 e. The Balaban J connectivity index is 0.00000121. The van der Waals surface area contributed by atoms with Gasteiger partial charge in [-0.05, 0) is 18.4 Å². The second-order valence-electron chi connectivity index (χ2n) is 2.53. The van der Waals surface area contributed by atoms with Gasteiger partial charge >= 0.3 is 0 Å². The quantitative estimate of drug-likeness (QED) is 0.689. The van der Waals surface area contributed by atoms with Gasteiger partial charge in [-0.3, -0.25) is 4.79 Å². The molecule has 0 aromatic carbocycles. The van der Waals surface area contributed by atoms with E-state index in [0.717, 1.165) is 18.5 Å². The molecule has 1 rings (SSSR count). The van der Waals surface area contributed by atoms with E-state index in [0.29, 0.717) is 0 Å². The van der Waals surface area contributed by atoms with Crippen molar-refractivity contribution in [1.29, 1.82) is 0 Å². The maximum Gasteiger partial charge on any atom is 0.248 e. The van der Waals surface area contributed by atoms with Gasteiger partial charge in [-0.15, -0.1) is 0 Å². The summed E-state index contributed by atoms with van der Waals surface area (Å²) in [5.41, 5.74) is 2.31. The number of hydrogen-bond donors (Lipinski definition) is 1. The van der Waals surface area contributed by atoms with E-state index in [2.05, 4.69) is 11.9 Å². The number of pyridine rings is 1. The first-order valence-electron chi connectivity index (χ1n) is 3.99. The molecule has 1 aromatic heterocycles. The lowest BCUT2D eigenvalue weighted by atomic mass is 10.1. The van der Waals surface area contributed by atoms with Crippen molar-refractivity contribution in [3.63, 3.8) is 0 Å². The van der Waals surface area contributed by atoms with Crippen molar-refractivity contribution in [2.75, 3.05) is 0 Å². The molecule has 0 aliphatic rings. The minimum Gasteiger partial charge on any atom is -0.326 e. The molecule has 11 heavy (non-hydrogen) atoms. The SMILES string of the molecule is CCc1ccc(=O)[nH]c1CC.[HH]. The fraction of sp³-hybridized carbons (Fsp3) is 0.444. The molecule has 0 spiro atoms. The van der Waals surface area contributed by atoms with Crippen molar-refractivity contribution in [1.82, 2.24) is 4.98 Å². The Morgan fingerprint density at radius 2 is 2.09 bits per heavy atom. The molecule has 0 aliphatic carbocycles. The molecule has 1 aromatic rings. The molecule has 0 saturated carbocycles. The molecule has 0 aliphatic heterocycles. The molecule has 0 unspecified atom stereocenters. The third-order valence-corrected chi connectivity index (χ3v) is 1.83. The molecule has 1 N–H and O–H groups in total.